The van der Waals surface area contributed by atoms with E-state index in [-0.39, 0.29) is 29.0 Å². The zero-order valence-electron chi connectivity index (χ0n) is 12.7. The van der Waals surface area contributed by atoms with Crippen molar-refractivity contribution in [1.29, 1.82) is 5.26 Å². The average molecular weight is 367 g/mol. The number of hydrogen-bond acceptors (Lipinski definition) is 7. The van der Waals surface area contributed by atoms with E-state index in [9.17, 15) is 25.5 Å². The van der Waals surface area contributed by atoms with Gasteiger partial charge in [-0.15, -0.1) is 0 Å². The van der Waals surface area contributed by atoms with Crippen molar-refractivity contribution in [3.63, 3.8) is 0 Å². The van der Waals surface area contributed by atoms with Crippen molar-refractivity contribution >= 4 is 45.8 Å². The van der Waals surface area contributed by atoms with E-state index < -0.39 is 36.8 Å². The van der Waals surface area contributed by atoms with Gasteiger partial charge in [-0.05, 0) is 12.3 Å². The number of benzene rings is 1. The number of nitriles is 1. The third-order valence-electron chi connectivity index (χ3n) is 3.13. The van der Waals surface area contributed by atoms with Gasteiger partial charge in [0.25, 0.3) is 11.4 Å². The van der Waals surface area contributed by atoms with Crippen molar-refractivity contribution in [2.24, 2.45) is 17.4 Å². The van der Waals surface area contributed by atoms with E-state index in [1.807, 2.05) is 0 Å². The molecule has 126 valence electrons. The lowest BCUT2D eigenvalue weighted by molar-refractivity contribution is -0.395. The molecular formula is C13H13N5O4S2. The molecule has 0 heterocycles. The number of nitro groups is 2. The fraction of sp³-hybridized carbons (Fsp3) is 0.308. The van der Waals surface area contributed by atoms with Gasteiger partial charge >= 0.3 is 0 Å². The zero-order valence-corrected chi connectivity index (χ0v) is 14.4. The Morgan fingerprint density at radius 2 is 1.58 bits per heavy atom. The quantitative estimate of drug-likeness (QED) is 0.434. The molecule has 0 unspecified atom stereocenters. The van der Waals surface area contributed by atoms with Crippen LogP contribution in [0.25, 0.3) is 0 Å². The van der Waals surface area contributed by atoms with E-state index >= 15 is 0 Å². The van der Waals surface area contributed by atoms with Crippen molar-refractivity contribution < 1.29 is 9.85 Å². The minimum Gasteiger partial charge on any atom is -0.389 e. The van der Waals surface area contributed by atoms with Crippen molar-refractivity contribution in [1.82, 2.24) is 0 Å². The highest BCUT2D eigenvalue weighted by molar-refractivity contribution is 7.81. The highest BCUT2D eigenvalue weighted by atomic mass is 32.1. The normalized spacial score (nSPS) is 10.2. The van der Waals surface area contributed by atoms with Crippen LogP contribution in [0.1, 0.15) is 36.1 Å². The minimum atomic E-state index is -0.921. The molecule has 0 aliphatic carbocycles. The molecule has 0 saturated heterocycles. The first kappa shape index (κ1) is 19.3. The van der Waals surface area contributed by atoms with E-state index in [1.165, 1.54) is 0 Å². The molecule has 0 atom stereocenters. The predicted octanol–water partition coefficient (Wildman–Crippen LogP) is 1.84. The van der Waals surface area contributed by atoms with Crippen LogP contribution in [0.3, 0.4) is 0 Å². The first-order chi connectivity index (χ1) is 11.0. The lowest BCUT2D eigenvalue weighted by Crippen LogP contribution is -2.23. The summed E-state index contributed by atoms with van der Waals surface area (Å²) in [4.78, 5) is 20.3. The van der Waals surface area contributed by atoms with Crippen LogP contribution < -0.4 is 11.5 Å². The molecule has 0 radical (unpaired) electrons. The van der Waals surface area contributed by atoms with Gasteiger partial charge in [-0.2, -0.15) is 5.26 Å². The van der Waals surface area contributed by atoms with Crippen LogP contribution in [-0.4, -0.2) is 19.8 Å². The maximum atomic E-state index is 11.5. The molecule has 0 spiro atoms. The fourth-order valence-corrected chi connectivity index (χ4v) is 2.76. The van der Waals surface area contributed by atoms with Gasteiger partial charge in [-0.3, -0.25) is 20.2 Å². The summed E-state index contributed by atoms with van der Waals surface area (Å²) in [5.74, 6) is -0.0874. The summed E-state index contributed by atoms with van der Waals surface area (Å²) in [6.07, 6.45) is 0.0996. The highest BCUT2D eigenvalue weighted by Crippen LogP contribution is 2.39. The number of nitro benzene ring substituents is 2. The Morgan fingerprint density at radius 1 is 1.12 bits per heavy atom. The molecule has 0 saturated carbocycles. The minimum absolute atomic E-state index is 0.0197. The zero-order chi connectivity index (χ0) is 18.8. The Labute approximate surface area is 147 Å². The SMILES string of the molecule is CC(C)Cc1c(C#N)c(C(N)=S)c([N+](=O)[O-])c(C(N)=S)c1[N+](=O)[O-]. The van der Waals surface area contributed by atoms with Gasteiger partial charge < -0.3 is 11.5 Å². The Morgan fingerprint density at radius 3 is 1.88 bits per heavy atom. The summed E-state index contributed by atoms with van der Waals surface area (Å²) < 4.78 is 0. The molecule has 0 bridgehead atoms. The number of hydrogen-bond donors (Lipinski definition) is 2. The molecule has 0 aliphatic heterocycles. The summed E-state index contributed by atoms with van der Waals surface area (Å²) in [6.45, 7) is 3.54. The van der Waals surface area contributed by atoms with Gasteiger partial charge in [0.05, 0.1) is 15.4 Å². The standard InChI is InChI=1S/C13H13N5O4S2/c1-5(2)3-6-7(4-14)8(12(15)23)11(18(21)22)9(13(16)24)10(6)17(19)20/h5H,3H2,1-2H3,(H2,15,23)(H2,16,24). The molecule has 1 aromatic rings. The molecule has 1 aromatic carbocycles. The van der Waals surface area contributed by atoms with Crippen LogP contribution in [-0.2, 0) is 6.42 Å². The van der Waals surface area contributed by atoms with Crippen LogP contribution in [0, 0.1) is 37.5 Å². The monoisotopic (exact) mass is 367 g/mol. The Kier molecular flexibility index (Phi) is 5.83. The second kappa shape index (κ2) is 7.24. The van der Waals surface area contributed by atoms with Crippen molar-refractivity contribution in [3.05, 3.63) is 42.5 Å². The molecule has 1 rings (SSSR count). The number of rotatable bonds is 6. The third-order valence-corrected chi connectivity index (χ3v) is 3.54. The second-order valence-electron chi connectivity index (χ2n) is 5.25. The summed E-state index contributed by atoms with van der Waals surface area (Å²) in [6, 6.07) is 1.75. The van der Waals surface area contributed by atoms with Crippen molar-refractivity contribution in [2.75, 3.05) is 0 Å². The lowest BCUT2D eigenvalue weighted by atomic mass is 9.88. The number of thiocarbonyl (C=S) groups is 2. The summed E-state index contributed by atoms with van der Waals surface area (Å²) >= 11 is 9.60. The largest absolute Gasteiger partial charge is 0.389 e. The second-order valence-corrected chi connectivity index (χ2v) is 6.13. The summed E-state index contributed by atoms with van der Waals surface area (Å²) in [7, 11) is 0. The number of nitrogens with two attached hydrogens (primary N) is 2. The Hall–Kier alpha value is -2.71. The van der Waals surface area contributed by atoms with E-state index in [0.29, 0.717) is 0 Å². The lowest BCUT2D eigenvalue weighted by Gasteiger charge is -2.15. The first-order valence-corrected chi connectivity index (χ1v) is 7.37. The van der Waals surface area contributed by atoms with Gasteiger partial charge in [0.2, 0.25) is 0 Å². The van der Waals surface area contributed by atoms with Crippen molar-refractivity contribution in [3.8, 4) is 6.07 Å². The fourth-order valence-electron chi connectivity index (χ4n) is 2.36. The molecule has 0 aromatic heterocycles. The van der Waals surface area contributed by atoms with E-state index in [1.54, 1.807) is 19.9 Å². The predicted molar refractivity (Wildman–Crippen MR) is 94.8 cm³/mol. The maximum Gasteiger partial charge on any atom is 0.298 e. The highest BCUT2D eigenvalue weighted by Gasteiger charge is 2.38. The maximum absolute atomic E-state index is 11.5. The molecule has 0 fully saturated rings. The van der Waals surface area contributed by atoms with Gasteiger partial charge in [-0.1, -0.05) is 38.3 Å². The molecule has 0 amide bonds. The van der Waals surface area contributed by atoms with Crippen LogP contribution in [0.5, 0.6) is 0 Å². The van der Waals surface area contributed by atoms with E-state index in [4.69, 9.17) is 35.9 Å². The van der Waals surface area contributed by atoms with E-state index in [0.717, 1.165) is 0 Å². The molecule has 0 aliphatic rings. The van der Waals surface area contributed by atoms with Crippen LogP contribution >= 0.6 is 24.4 Å². The molecule has 11 heteroatoms. The van der Waals surface area contributed by atoms with Crippen LogP contribution in [0.4, 0.5) is 11.4 Å². The van der Waals surface area contributed by atoms with Gasteiger partial charge in [0.15, 0.2) is 5.56 Å². The van der Waals surface area contributed by atoms with Gasteiger partial charge in [0, 0.05) is 5.56 Å². The Bertz CT molecular complexity index is 814. The van der Waals surface area contributed by atoms with Crippen LogP contribution in [0.15, 0.2) is 0 Å². The summed E-state index contributed by atoms with van der Waals surface area (Å²) in [5.41, 5.74) is 8.36. The molecular weight excluding hydrogens is 354 g/mol. The smallest absolute Gasteiger partial charge is 0.298 e. The number of nitrogens with zero attached hydrogens (tertiary/aromatic N) is 3. The summed E-state index contributed by atoms with van der Waals surface area (Å²) in [5, 5.41) is 32.4. The van der Waals surface area contributed by atoms with Crippen LogP contribution in [0.2, 0.25) is 0 Å². The van der Waals surface area contributed by atoms with Gasteiger partial charge in [-0.25, -0.2) is 0 Å². The third kappa shape index (κ3) is 3.44. The molecule has 9 nitrogen and oxygen atoms in total. The Balaban J connectivity index is 4.29. The van der Waals surface area contributed by atoms with Gasteiger partial charge in [0.1, 0.15) is 21.6 Å². The first-order valence-electron chi connectivity index (χ1n) is 6.55. The topological polar surface area (TPSA) is 162 Å². The average Bonchev–Trinajstić information content (AvgIpc) is 2.43. The molecule has 4 N–H and O–H groups in total. The van der Waals surface area contributed by atoms with E-state index in [2.05, 4.69) is 0 Å². The van der Waals surface area contributed by atoms with Crippen molar-refractivity contribution in [2.45, 2.75) is 20.3 Å². The molecule has 24 heavy (non-hydrogen) atoms.